The summed E-state index contributed by atoms with van der Waals surface area (Å²) in [6, 6.07) is 10.6. The minimum Gasteiger partial charge on any atom is -0.315 e. The monoisotopic (exact) mass is 264 g/mol. The van der Waals surface area contributed by atoms with E-state index in [0.717, 1.165) is 26.1 Å². The molecule has 0 aliphatic heterocycles. The minimum atomic E-state index is 0. The zero-order valence-electron chi connectivity index (χ0n) is 9.98. The fourth-order valence-electron chi connectivity index (χ4n) is 1.31. The molecule has 0 aliphatic carbocycles. The second-order valence-corrected chi connectivity index (χ2v) is 3.79. The van der Waals surface area contributed by atoms with Gasteiger partial charge in [-0.2, -0.15) is 0 Å². The lowest BCUT2D eigenvalue weighted by Crippen LogP contribution is -2.27. The van der Waals surface area contributed by atoms with Gasteiger partial charge in [0.25, 0.3) is 0 Å². The van der Waals surface area contributed by atoms with Crippen LogP contribution in [0, 0.1) is 0 Å². The molecule has 0 saturated carbocycles. The summed E-state index contributed by atoms with van der Waals surface area (Å²) in [6.07, 6.45) is 1.12. The maximum atomic E-state index is 3.42. The second kappa shape index (κ2) is 11.2. The third-order valence-corrected chi connectivity index (χ3v) is 2.17. The highest BCUT2D eigenvalue weighted by molar-refractivity contribution is 5.85. The fourth-order valence-corrected chi connectivity index (χ4v) is 1.31. The number of likely N-dealkylation sites (N-methyl/N-ethyl adjacent to an activating group) is 1. The van der Waals surface area contributed by atoms with Gasteiger partial charge in [-0.05, 0) is 32.6 Å². The molecule has 2 nitrogen and oxygen atoms in total. The van der Waals surface area contributed by atoms with Crippen molar-refractivity contribution in [3.63, 3.8) is 0 Å². The molecule has 0 atom stereocenters. The summed E-state index contributed by atoms with van der Waals surface area (Å²) < 4.78 is 0. The summed E-state index contributed by atoms with van der Waals surface area (Å²) in [4.78, 5) is 2.19. The first-order chi connectivity index (χ1) is 6.79. The Morgan fingerprint density at radius 2 is 1.62 bits per heavy atom. The highest BCUT2D eigenvalue weighted by Gasteiger charge is 1.92. The van der Waals surface area contributed by atoms with Crippen molar-refractivity contribution >= 4 is 24.8 Å². The molecule has 1 aromatic carbocycles. The van der Waals surface area contributed by atoms with Crippen LogP contribution in [0.4, 0.5) is 0 Å². The Morgan fingerprint density at radius 1 is 1.00 bits per heavy atom. The minimum absolute atomic E-state index is 0. The van der Waals surface area contributed by atoms with Crippen LogP contribution in [0.5, 0.6) is 0 Å². The SMILES string of the molecule is CN(C)CCNCCc1ccccc1.Cl.Cl. The number of hydrogen-bond acceptors (Lipinski definition) is 2. The Morgan fingerprint density at radius 3 is 2.19 bits per heavy atom. The predicted octanol–water partition coefficient (Wildman–Crippen LogP) is 2.22. The van der Waals surface area contributed by atoms with Crippen LogP contribution in [-0.2, 0) is 6.42 Å². The molecular weight excluding hydrogens is 243 g/mol. The van der Waals surface area contributed by atoms with Gasteiger partial charge in [-0.15, -0.1) is 24.8 Å². The quantitative estimate of drug-likeness (QED) is 0.793. The third kappa shape index (κ3) is 8.98. The van der Waals surface area contributed by atoms with Gasteiger partial charge in [-0.3, -0.25) is 0 Å². The number of benzene rings is 1. The zero-order chi connectivity index (χ0) is 10.2. The molecule has 1 aromatic rings. The third-order valence-electron chi connectivity index (χ3n) is 2.17. The lowest BCUT2D eigenvalue weighted by molar-refractivity contribution is 0.401. The van der Waals surface area contributed by atoms with Crippen molar-refractivity contribution in [2.24, 2.45) is 0 Å². The molecule has 4 heteroatoms. The molecule has 0 fully saturated rings. The normalized spacial score (nSPS) is 9.44. The van der Waals surface area contributed by atoms with Crippen molar-refractivity contribution in [3.8, 4) is 0 Å². The average Bonchev–Trinajstić information content (AvgIpc) is 2.18. The van der Waals surface area contributed by atoms with Gasteiger partial charge >= 0.3 is 0 Å². The Labute approximate surface area is 111 Å². The number of hydrogen-bond donors (Lipinski definition) is 1. The maximum absolute atomic E-state index is 3.42. The van der Waals surface area contributed by atoms with E-state index in [1.807, 2.05) is 0 Å². The van der Waals surface area contributed by atoms with E-state index in [1.54, 1.807) is 0 Å². The molecule has 0 radical (unpaired) electrons. The summed E-state index contributed by atoms with van der Waals surface area (Å²) in [5.41, 5.74) is 1.41. The molecule has 0 heterocycles. The lowest BCUT2D eigenvalue weighted by Gasteiger charge is -2.10. The van der Waals surface area contributed by atoms with Crippen LogP contribution >= 0.6 is 24.8 Å². The summed E-state index contributed by atoms with van der Waals surface area (Å²) in [7, 11) is 4.19. The van der Waals surface area contributed by atoms with Crippen molar-refractivity contribution < 1.29 is 0 Å². The van der Waals surface area contributed by atoms with Crippen LogP contribution < -0.4 is 5.32 Å². The fraction of sp³-hybridized carbons (Fsp3) is 0.500. The maximum Gasteiger partial charge on any atom is 0.0101 e. The summed E-state index contributed by atoms with van der Waals surface area (Å²) in [6.45, 7) is 3.24. The van der Waals surface area contributed by atoms with Crippen LogP contribution in [0.2, 0.25) is 0 Å². The van der Waals surface area contributed by atoms with E-state index in [2.05, 4.69) is 54.6 Å². The van der Waals surface area contributed by atoms with Gasteiger partial charge < -0.3 is 10.2 Å². The zero-order valence-corrected chi connectivity index (χ0v) is 11.6. The largest absolute Gasteiger partial charge is 0.315 e. The van der Waals surface area contributed by atoms with E-state index in [-0.39, 0.29) is 24.8 Å². The van der Waals surface area contributed by atoms with Crippen LogP contribution in [0.15, 0.2) is 30.3 Å². The van der Waals surface area contributed by atoms with Crippen LogP contribution in [0.1, 0.15) is 5.56 Å². The first kappa shape index (κ1) is 18.1. The summed E-state index contributed by atoms with van der Waals surface area (Å²) in [5.74, 6) is 0. The molecule has 0 aromatic heterocycles. The van der Waals surface area contributed by atoms with Crippen LogP contribution in [0.3, 0.4) is 0 Å². The Bertz CT molecular complexity index is 240. The molecule has 0 unspecified atom stereocenters. The Hall–Kier alpha value is -0.280. The lowest BCUT2D eigenvalue weighted by atomic mass is 10.1. The first-order valence-electron chi connectivity index (χ1n) is 5.18. The van der Waals surface area contributed by atoms with Gasteiger partial charge in [0.05, 0.1) is 0 Å². The average molecular weight is 265 g/mol. The number of rotatable bonds is 6. The van der Waals surface area contributed by atoms with Gasteiger partial charge in [0.1, 0.15) is 0 Å². The van der Waals surface area contributed by atoms with E-state index in [0.29, 0.717) is 0 Å². The first-order valence-corrected chi connectivity index (χ1v) is 5.18. The van der Waals surface area contributed by atoms with Gasteiger partial charge in [0.15, 0.2) is 0 Å². The second-order valence-electron chi connectivity index (χ2n) is 3.79. The van der Waals surface area contributed by atoms with E-state index >= 15 is 0 Å². The van der Waals surface area contributed by atoms with Gasteiger partial charge in [0, 0.05) is 13.1 Å². The highest BCUT2D eigenvalue weighted by atomic mass is 35.5. The van der Waals surface area contributed by atoms with Crippen LogP contribution in [0.25, 0.3) is 0 Å². The van der Waals surface area contributed by atoms with Gasteiger partial charge in [-0.25, -0.2) is 0 Å². The molecule has 0 bridgehead atoms. The van der Waals surface area contributed by atoms with E-state index in [1.165, 1.54) is 5.56 Å². The molecule has 1 rings (SSSR count). The van der Waals surface area contributed by atoms with E-state index in [9.17, 15) is 0 Å². The Balaban J connectivity index is 0. The summed E-state index contributed by atoms with van der Waals surface area (Å²) >= 11 is 0. The van der Waals surface area contributed by atoms with Gasteiger partial charge in [-0.1, -0.05) is 30.3 Å². The highest BCUT2D eigenvalue weighted by Crippen LogP contribution is 1.97. The number of nitrogens with zero attached hydrogens (tertiary/aromatic N) is 1. The molecule has 16 heavy (non-hydrogen) atoms. The number of nitrogens with one attached hydrogen (secondary N) is 1. The van der Waals surface area contributed by atoms with E-state index < -0.39 is 0 Å². The van der Waals surface area contributed by atoms with Crippen molar-refractivity contribution in [2.75, 3.05) is 33.7 Å². The molecule has 0 amide bonds. The topological polar surface area (TPSA) is 15.3 Å². The number of halogens is 2. The predicted molar refractivity (Wildman–Crippen MR) is 76.1 cm³/mol. The van der Waals surface area contributed by atoms with Crippen LogP contribution in [-0.4, -0.2) is 38.6 Å². The van der Waals surface area contributed by atoms with Crippen molar-refractivity contribution in [2.45, 2.75) is 6.42 Å². The van der Waals surface area contributed by atoms with E-state index in [4.69, 9.17) is 0 Å². The van der Waals surface area contributed by atoms with Crippen molar-refractivity contribution in [1.82, 2.24) is 10.2 Å². The molecule has 0 spiro atoms. The van der Waals surface area contributed by atoms with Crippen molar-refractivity contribution in [3.05, 3.63) is 35.9 Å². The molecule has 94 valence electrons. The standard InChI is InChI=1S/C12H20N2.2ClH/c1-14(2)11-10-13-9-8-12-6-4-3-5-7-12;;/h3-7,13H,8-11H2,1-2H3;2*1H. The van der Waals surface area contributed by atoms with Crippen molar-refractivity contribution in [1.29, 1.82) is 0 Å². The summed E-state index contributed by atoms with van der Waals surface area (Å²) in [5, 5.41) is 3.42. The molecule has 1 N–H and O–H groups in total. The molecular formula is C12H22Cl2N2. The van der Waals surface area contributed by atoms with Gasteiger partial charge in [0.2, 0.25) is 0 Å². The molecule has 0 aliphatic rings. The Kier molecular flexibility index (Phi) is 12.7. The smallest absolute Gasteiger partial charge is 0.0101 e. The molecule has 0 saturated heterocycles.